The molecule has 0 aliphatic heterocycles. The number of rotatable bonds is 1. The number of nitrogens with two attached hydrogens (primary N) is 1. The standard InChI is InChI=1S/C6H7N3O.H2O3Se/c7-6(9-10)5-1-3-8-4-2-5;1-4(2)3/h1-4,10H,(H2,7,9);(H2,1,2,3)/p-1. The molecule has 78 valence electrons. The molecule has 1 heterocycles. The topological polar surface area (TPSA) is 132 Å². The van der Waals surface area contributed by atoms with Crippen LogP contribution in [0.3, 0.4) is 0 Å². The Hall–Kier alpha value is -1.34. The maximum atomic E-state index is 8.65. The normalized spacial score (nSPS) is 12.6. The molecular formula is C6H8N3O4Se-. The van der Waals surface area contributed by atoms with Gasteiger partial charge in [-0.25, -0.2) is 0 Å². The van der Waals surface area contributed by atoms with Gasteiger partial charge >= 0.3 is 26.7 Å². The summed E-state index contributed by atoms with van der Waals surface area (Å²) >= 11 is -3.54. The SMILES string of the molecule is N/C(=N/O)c1ccncc1.O=[Se]([O-])O. The van der Waals surface area contributed by atoms with Gasteiger partial charge in [0.05, 0.1) is 0 Å². The number of aromatic nitrogens is 1. The van der Waals surface area contributed by atoms with E-state index in [0.717, 1.165) is 0 Å². The molecule has 0 radical (unpaired) electrons. The fourth-order valence-corrected chi connectivity index (χ4v) is 0.580. The average molecular weight is 265 g/mol. The summed E-state index contributed by atoms with van der Waals surface area (Å²) in [6, 6.07) is 3.32. The summed E-state index contributed by atoms with van der Waals surface area (Å²) < 4.78 is 24.4. The Bertz CT molecular complexity index is 312. The van der Waals surface area contributed by atoms with Crippen molar-refractivity contribution in [3.8, 4) is 0 Å². The van der Waals surface area contributed by atoms with Crippen molar-refractivity contribution in [2.45, 2.75) is 0 Å². The summed E-state index contributed by atoms with van der Waals surface area (Å²) in [6.45, 7) is 0. The van der Waals surface area contributed by atoms with E-state index in [2.05, 4.69) is 10.1 Å². The van der Waals surface area contributed by atoms with Gasteiger partial charge in [-0.05, 0) is 12.1 Å². The van der Waals surface area contributed by atoms with Gasteiger partial charge in [0.2, 0.25) is 0 Å². The van der Waals surface area contributed by atoms with Crippen LogP contribution in [0.2, 0.25) is 0 Å². The summed E-state index contributed by atoms with van der Waals surface area (Å²) in [5, 5.41) is 11.1. The maximum absolute atomic E-state index is 8.65. The van der Waals surface area contributed by atoms with Crippen molar-refractivity contribution in [2.75, 3.05) is 0 Å². The molecule has 1 unspecified atom stereocenters. The third-order valence-corrected chi connectivity index (χ3v) is 1.08. The minimum absolute atomic E-state index is 0.0994. The van der Waals surface area contributed by atoms with Crippen LogP contribution in [0, 0.1) is 0 Å². The first kappa shape index (κ1) is 12.7. The van der Waals surface area contributed by atoms with Crippen LogP contribution < -0.4 is 9.92 Å². The first-order valence-electron chi connectivity index (χ1n) is 3.24. The Kier molecular flexibility index (Phi) is 6.42. The van der Waals surface area contributed by atoms with E-state index >= 15 is 0 Å². The van der Waals surface area contributed by atoms with Gasteiger partial charge in [0.1, 0.15) is 0 Å². The molecule has 14 heavy (non-hydrogen) atoms. The average Bonchev–Trinajstić information content (AvgIpc) is 2.17. The predicted molar refractivity (Wildman–Crippen MR) is 45.4 cm³/mol. The Morgan fingerprint density at radius 2 is 2.00 bits per heavy atom. The van der Waals surface area contributed by atoms with Crippen molar-refractivity contribution >= 4 is 20.3 Å². The van der Waals surface area contributed by atoms with Crippen molar-refractivity contribution in [1.29, 1.82) is 0 Å². The first-order valence-corrected chi connectivity index (χ1v) is 5.40. The van der Waals surface area contributed by atoms with Crippen molar-refractivity contribution in [2.24, 2.45) is 10.9 Å². The van der Waals surface area contributed by atoms with E-state index in [0.29, 0.717) is 5.56 Å². The second kappa shape index (κ2) is 7.10. The Labute approximate surface area is 84.2 Å². The van der Waals surface area contributed by atoms with Gasteiger partial charge in [-0.2, -0.15) is 0 Å². The van der Waals surface area contributed by atoms with Crippen LogP contribution in [-0.4, -0.2) is 34.7 Å². The van der Waals surface area contributed by atoms with Gasteiger partial charge in [0.15, 0.2) is 5.84 Å². The molecule has 8 heteroatoms. The third-order valence-electron chi connectivity index (χ3n) is 1.08. The number of hydrogen-bond acceptors (Lipinski definition) is 5. The summed E-state index contributed by atoms with van der Waals surface area (Å²) in [7, 11) is 0. The van der Waals surface area contributed by atoms with Crippen LogP contribution in [0.4, 0.5) is 0 Å². The number of amidine groups is 1. The summed E-state index contributed by atoms with van der Waals surface area (Å²) in [5.74, 6) is 0.0994. The zero-order valence-corrected chi connectivity index (χ0v) is 8.61. The van der Waals surface area contributed by atoms with E-state index < -0.39 is 14.5 Å². The predicted octanol–water partition coefficient (Wildman–Crippen LogP) is -2.07. The van der Waals surface area contributed by atoms with E-state index in [1.807, 2.05) is 0 Å². The van der Waals surface area contributed by atoms with Crippen molar-refractivity contribution in [3.63, 3.8) is 0 Å². The first-order chi connectivity index (χ1) is 6.57. The summed E-state index contributed by atoms with van der Waals surface area (Å²) in [5.41, 5.74) is 5.93. The van der Waals surface area contributed by atoms with Crippen LogP contribution in [0.15, 0.2) is 29.7 Å². The van der Waals surface area contributed by atoms with E-state index in [4.69, 9.17) is 23.2 Å². The molecule has 0 aliphatic rings. The molecule has 0 spiro atoms. The van der Waals surface area contributed by atoms with Crippen LogP contribution in [-0.2, 0) is 3.83 Å². The van der Waals surface area contributed by atoms with E-state index in [1.54, 1.807) is 24.5 Å². The Morgan fingerprint density at radius 1 is 1.57 bits per heavy atom. The fourth-order valence-electron chi connectivity index (χ4n) is 0.580. The molecule has 0 aliphatic carbocycles. The molecule has 1 aromatic rings. The molecule has 0 amide bonds. The molecule has 0 aromatic carbocycles. The minimum atomic E-state index is -3.54. The third kappa shape index (κ3) is 6.21. The van der Waals surface area contributed by atoms with Crippen molar-refractivity contribution in [3.05, 3.63) is 30.1 Å². The molecule has 1 atom stereocenters. The number of pyridine rings is 1. The Balaban J connectivity index is 0.000000364. The monoisotopic (exact) mass is 266 g/mol. The van der Waals surface area contributed by atoms with Crippen molar-refractivity contribution < 1.29 is 17.4 Å². The zero-order valence-electron chi connectivity index (χ0n) is 6.90. The second-order valence-electron chi connectivity index (χ2n) is 1.94. The van der Waals surface area contributed by atoms with E-state index in [1.165, 1.54) is 0 Å². The molecule has 0 fully saturated rings. The van der Waals surface area contributed by atoms with Crippen LogP contribution >= 0.6 is 0 Å². The number of oxime groups is 1. The van der Waals surface area contributed by atoms with Crippen LogP contribution in [0.1, 0.15) is 5.56 Å². The van der Waals surface area contributed by atoms with Gasteiger partial charge in [0, 0.05) is 18.0 Å². The van der Waals surface area contributed by atoms with E-state index in [9.17, 15) is 0 Å². The van der Waals surface area contributed by atoms with E-state index in [-0.39, 0.29) is 5.84 Å². The number of nitrogens with zero attached hydrogens (tertiary/aromatic N) is 2. The van der Waals surface area contributed by atoms with Crippen LogP contribution in [0.5, 0.6) is 0 Å². The quantitative estimate of drug-likeness (QED) is 0.176. The molecule has 0 bridgehead atoms. The van der Waals surface area contributed by atoms with Gasteiger partial charge in [-0.1, -0.05) is 5.16 Å². The molecule has 1 rings (SSSR count). The molecular weight excluding hydrogens is 257 g/mol. The molecule has 4 N–H and O–H groups in total. The number of hydrogen-bond donors (Lipinski definition) is 3. The molecule has 1 aromatic heterocycles. The van der Waals surface area contributed by atoms with Crippen LogP contribution in [0.25, 0.3) is 0 Å². The Morgan fingerprint density at radius 3 is 2.36 bits per heavy atom. The summed E-state index contributed by atoms with van der Waals surface area (Å²) in [4.78, 5) is 3.77. The van der Waals surface area contributed by atoms with Gasteiger partial charge in [0.25, 0.3) is 0 Å². The molecule has 0 saturated heterocycles. The summed E-state index contributed by atoms with van der Waals surface area (Å²) in [6.07, 6.45) is 3.15. The van der Waals surface area contributed by atoms with Crippen molar-refractivity contribution in [1.82, 2.24) is 4.98 Å². The fraction of sp³-hybridized carbons (Fsp3) is 0. The molecule has 0 saturated carbocycles. The van der Waals surface area contributed by atoms with Gasteiger partial charge in [-0.15, -0.1) is 0 Å². The second-order valence-corrected chi connectivity index (χ2v) is 2.85. The van der Waals surface area contributed by atoms with Gasteiger partial charge in [-0.3, -0.25) is 4.98 Å². The zero-order chi connectivity index (χ0) is 11.0. The van der Waals surface area contributed by atoms with Gasteiger partial charge < -0.3 is 10.9 Å². The molecule has 7 nitrogen and oxygen atoms in total.